The van der Waals surface area contributed by atoms with Crippen LogP contribution in [-0.4, -0.2) is 9.85 Å². The summed E-state index contributed by atoms with van der Waals surface area (Å²) >= 11 is 0. The van der Waals surface area contributed by atoms with Gasteiger partial charge in [0.1, 0.15) is 11.6 Å². The van der Waals surface area contributed by atoms with E-state index < -0.39 is 21.4 Å². The van der Waals surface area contributed by atoms with Crippen molar-refractivity contribution in [3.05, 3.63) is 68.5 Å². The lowest BCUT2D eigenvalue weighted by Gasteiger charge is -2.06. The smallest absolute Gasteiger partial charge is 0.311 e. The first kappa shape index (κ1) is 13.4. The van der Waals surface area contributed by atoms with E-state index in [9.17, 15) is 24.6 Å². The molecule has 0 aliphatic rings. The van der Waals surface area contributed by atoms with E-state index in [1.54, 1.807) is 0 Å². The van der Waals surface area contributed by atoms with Crippen molar-refractivity contribution in [2.45, 2.75) is 0 Å². The maximum absolute atomic E-state index is 13.1. The molecule has 102 valence electrons. The predicted molar refractivity (Wildman–Crippen MR) is 66.2 cm³/mol. The van der Waals surface area contributed by atoms with Crippen LogP contribution in [0.4, 0.5) is 15.8 Å². The van der Waals surface area contributed by atoms with Gasteiger partial charge in [0.15, 0.2) is 0 Å². The fourth-order valence-electron chi connectivity index (χ4n) is 1.48. The number of halogens is 1. The van der Waals surface area contributed by atoms with Gasteiger partial charge < -0.3 is 4.74 Å². The van der Waals surface area contributed by atoms with Crippen LogP contribution >= 0.6 is 0 Å². The van der Waals surface area contributed by atoms with Crippen LogP contribution in [0.5, 0.6) is 11.5 Å². The van der Waals surface area contributed by atoms with Crippen LogP contribution in [0, 0.1) is 26.0 Å². The Morgan fingerprint density at radius 2 is 1.60 bits per heavy atom. The molecule has 2 aromatic rings. The Balaban J connectivity index is 2.31. The zero-order chi connectivity index (χ0) is 14.7. The largest absolute Gasteiger partial charge is 0.450 e. The van der Waals surface area contributed by atoms with Gasteiger partial charge in [-0.15, -0.1) is 0 Å². The Morgan fingerprint density at radius 1 is 0.950 bits per heavy atom. The maximum Gasteiger partial charge on any atom is 0.311 e. The first-order valence-electron chi connectivity index (χ1n) is 5.33. The Morgan fingerprint density at radius 3 is 2.15 bits per heavy atom. The number of nitro groups is 2. The molecular formula is C12H7FN2O5. The molecule has 0 spiro atoms. The third kappa shape index (κ3) is 2.86. The van der Waals surface area contributed by atoms with Gasteiger partial charge in [-0.2, -0.15) is 0 Å². The molecule has 0 saturated heterocycles. The highest BCUT2D eigenvalue weighted by molar-refractivity contribution is 5.49. The van der Waals surface area contributed by atoms with E-state index >= 15 is 0 Å². The van der Waals surface area contributed by atoms with Crippen molar-refractivity contribution in [3.63, 3.8) is 0 Å². The third-order valence-corrected chi connectivity index (χ3v) is 2.39. The quantitative estimate of drug-likeness (QED) is 0.630. The average molecular weight is 278 g/mol. The summed E-state index contributed by atoms with van der Waals surface area (Å²) in [6, 6.07) is 7.71. The van der Waals surface area contributed by atoms with Crippen molar-refractivity contribution in [1.29, 1.82) is 0 Å². The minimum atomic E-state index is -0.708. The highest BCUT2D eigenvalue weighted by atomic mass is 19.1. The van der Waals surface area contributed by atoms with Gasteiger partial charge in [-0.25, -0.2) is 4.39 Å². The number of hydrogen-bond donors (Lipinski definition) is 0. The number of rotatable bonds is 4. The summed E-state index contributed by atoms with van der Waals surface area (Å²) in [4.78, 5) is 20.0. The maximum atomic E-state index is 13.1. The zero-order valence-corrected chi connectivity index (χ0v) is 9.86. The van der Waals surface area contributed by atoms with E-state index in [-0.39, 0.29) is 17.2 Å². The van der Waals surface area contributed by atoms with Gasteiger partial charge in [0, 0.05) is 24.3 Å². The summed E-state index contributed by atoms with van der Waals surface area (Å²) in [7, 11) is 0. The van der Waals surface area contributed by atoms with Crippen LogP contribution in [0.2, 0.25) is 0 Å². The van der Waals surface area contributed by atoms with E-state index in [1.807, 2.05) is 0 Å². The summed E-state index contributed by atoms with van der Waals surface area (Å²) in [5, 5.41) is 21.3. The summed E-state index contributed by atoms with van der Waals surface area (Å²) in [6.07, 6.45) is 0. The highest BCUT2D eigenvalue weighted by Gasteiger charge is 2.17. The zero-order valence-electron chi connectivity index (χ0n) is 9.86. The Bertz CT molecular complexity index is 672. The lowest BCUT2D eigenvalue weighted by molar-refractivity contribution is -0.385. The molecule has 0 heterocycles. The number of ether oxygens (including phenoxy) is 1. The van der Waals surface area contributed by atoms with Gasteiger partial charge in [0.2, 0.25) is 5.75 Å². The van der Waals surface area contributed by atoms with Gasteiger partial charge in [-0.05, 0) is 18.2 Å². The molecular weight excluding hydrogens is 271 g/mol. The van der Waals surface area contributed by atoms with Crippen molar-refractivity contribution in [1.82, 2.24) is 0 Å². The topological polar surface area (TPSA) is 95.5 Å². The minimum Gasteiger partial charge on any atom is -0.450 e. The number of nitrogens with zero attached hydrogens (tertiary/aromatic N) is 2. The fraction of sp³-hybridized carbons (Fsp3) is 0. The van der Waals surface area contributed by atoms with Gasteiger partial charge in [0.05, 0.1) is 9.85 Å². The highest BCUT2D eigenvalue weighted by Crippen LogP contribution is 2.32. The van der Waals surface area contributed by atoms with Crippen molar-refractivity contribution in [2.75, 3.05) is 0 Å². The van der Waals surface area contributed by atoms with E-state index in [2.05, 4.69) is 0 Å². The first-order valence-corrected chi connectivity index (χ1v) is 5.33. The van der Waals surface area contributed by atoms with Gasteiger partial charge in [-0.1, -0.05) is 0 Å². The van der Waals surface area contributed by atoms with Gasteiger partial charge in [0.25, 0.3) is 5.69 Å². The molecule has 0 N–H and O–H groups in total. The fourth-order valence-corrected chi connectivity index (χ4v) is 1.48. The Hall–Kier alpha value is -3.03. The molecule has 0 radical (unpaired) electrons. The lowest BCUT2D eigenvalue weighted by Crippen LogP contribution is -1.94. The molecule has 2 rings (SSSR count). The number of non-ortho nitro benzene ring substituents is 1. The van der Waals surface area contributed by atoms with E-state index in [1.165, 1.54) is 24.3 Å². The van der Waals surface area contributed by atoms with Crippen LogP contribution in [0.1, 0.15) is 0 Å². The van der Waals surface area contributed by atoms with Crippen molar-refractivity contribution >= 4 is 11.4 Å². The molecule has 0 aromatic heterocycles. The molecule has 20 heavy (non-hydrogen) atoms. The molecule has 0 saturated carbocycles. The van der Waals surface area contributed by atoms with Gasteiger partial charge in [-0.3, -0.25) is 20.2 Å². The van der Waals surface area contributed by atoms with E-state index in [4.69, 9.17) is 4.74 Å². The number of benzene rings is 2. The number of nitro benzene ring substituents is 2. The SMILES string of the molecule is O=[N+]([O-])c1ccc(Oc2cc(F)ccc2[N+](=O)[O-])cc1. The van der Waals surface area contributed by atoms with Crippen LogP contribution in [0.3, 0.4) is 0 Å². The predicted octanol–water partition coefficient (Wildman–Crippen LogP) is 3.43. The second kappa shape index (κ2) is 5.31. The summed E-state index contributed by atoms with van der Waals surface area (Å²) in [6.45, 7) is 0. The summed E-state index contributed by atoms with van der Waals surface area (Å²) in [5.41, 5.74) is -0.546. The molecule has 7 nitrogen and oxygen atoms in total. The van der Waals surface area contributed by atoms with Crippen LogP contribution in [0.15, 0.2) is 42.5 Å². The van der Waals surface area contributed by atoms with E-state index in [0.717, 1.165) is 18.2 Å². The number of hydrogen-bond acceptors (Lipinski definition) is 5. The summed E-state index contributed by atoms with van der Waals surface area (Å²) in [5.74, 6) is -0.833. The molecule has 8 heteroatoms. The standard InChI is InChI=1S/C12H7FN2O5/c13-8-1-6-11(15(18)19)12(7-8)20-10-4-2-9(3-5-10)14(16)17/h1-7H. The van der Waals surface area contributed by atoms with E-state index in [0.29, 0.717) is 0 Å². The molecule has 0 aliphatic heterocycles. The van der Waals surface area contributed by atoms with Crippen molar-refractivity contribution in [3.8, 4) is 11.5 Å². The molecule has 2 aromatic carbocycles. The van der Waals surface area contributed by atoms with Crippen molar-refractivity contribution in [2.24, 2.45) is 0 Å². The van der Waals surface area contributed by atoms with Crippen LogP contribution < -0.4 is 4.74 Å². The lowest BCUT2D eigenvalue weighted by atomic mass is 10.2. The van der Waals surface area contributed by atoms with Crippen molar-refractivity contribution < 1.29 is 19.0 Å². The molecule has 0 aliphatic carbocycles. The van der Waals surface area contributed by atoms with Gasteiger partial charge >= 0.3 is 5.69 Å². The normalized spacial score (nSPS) is 10.1. The molecule has 0 amide bonds. The molecule has 0 bridgehead atoms. The Kier molecular flexibility index (Phi) is 3.56. The Labute approximate surface area is 111 Å². The summed E-state index contributed by atoms with van der Waals surface area (Å²) < 4.78 is 18.3. The van der Waals surface area contributed by atoms with Crippen LogP contribution in [-0.2, 0) is 0 Å². The second-order valence-corrected chi connectivity index (χ2v) is 3.72. The second-order valence-electron chi connectivity index (χ2n) is 3.72. The third-order valence-electron chi connectivity index (χ3n) is 2.39. The minimum absolute atomic E-state index is 0.129. The molecule has 0 fully saturated rings. The molecule has 0 unspecified atom stereocenters. The molecule has 0 atom stereocenters. The average Bonchev–Trinajstić information content (AvgIpc) is 2.39. The monoisotopic (exact) mass is 278 g/mol. The first-order chi connectivity index (χ1) is 9.47. The van der Waals surface area contributed by atoms with Crippen LogP contribution in [0.25, 0.3) is 0 Å².